The summed E-state index contributed by atoms with van der Waals surface area (Å²) >= 11 is 0. The lowest BCUT2D eigenvalue weighted by Gasteiger charge is -2.11. The van der Waals surface area contributed by atoms with Crippen LogP contribution in [0.4, 0.5) is 4.39 Å². The molecule has 0 bridgehead atoms. The van der Waals surface area contributed by atoms with Crippen LogP contribution in [0.3, 0.4) is 0 Å². The summed E-state index contributed by atoms with van der Waals surface area (Å²) in [5.74, 6) is 4.84. The normalized spacial score (nSPS) is 10.2. The first-order chi connectivity index (χ1) is 5.95. The van der Waals surface area contributed by atoms with Crippen LogP contribution in [0.5, 0.6) is 0 Å². The SMILES string of the molecule is CCC#CCOC(=O)CC(C)(C)F. The maximum absolute atomic E-state index is 12.9. The topological polar surface area (TPSA) is 26.3 Å². The van der Waals surface area contributed by atoms with E-state index < -0.39 is 11.6 Å². The summed E-state index contributed by atoms with van der Waals surface area (Å²) in [6, 6.07) is 0. The van der Waals surface area contributed by atoms with E-state index >= 15 is 0 Å². The van der Waals surface area contributed by atoms with E-state index in [0.29, 0.717) is 0 Å². The van der Waals surface area contributed by atoms with Crippen molar-refractivity contribution in [3.05, 3.63) is 0 Å². The quantitative estimate of drug-likeness (QED) is 0.498. The fourth-order valence-corrected chi connectivity index (χ4v) is 0.687. The molecule has 0 N–H and O–H groups in total. The van der Waals surface area contributed by atoms with Gasteiger partial charge in [0.15, 0.2) is 6.61 Å². The molecular weight excluding hydrogens is 171 g/mol. The molecule has 2 nitrogen and oxygen atoms in total. The summed E-state index contributed by atoms with van der Waals surface area (Å²) in [6.07, 6.45) is 0.507. The molecule has 0 amide bonds. The molecule has 0 saturated heterocycles. The maximum atomic E-state index is 12.9. The number of alkyl halides is 1. The van der Waals surface area contributed by atoms with Crippen LogP contribution in [0.2, 0.25) is 0 Å². The molecule has 0 aliphatic rings. The smallest absolute Gasteiger partial charge is 0.309 e. The summed E-state index contributed by atoms with van der Waals surface area (Å²) in [5.41, 5.74) is -1.50. The number of ether oxygens (including phenoxy) is 1. The van der Waals surface area contributed by atoms with Gasteiger partial charge in [-0.05, 0) is 13.8 Å². The molecule has 0 aromatic rings. The van der Waals surface area contributed by atoms with Gasteiger partial charge in [0.25, 0.3) is 0 Å². The monoisotopic (exact) mass is 186 g/mol. The molecule has 0 aromatic carbocycles. The molecule has 0 rings (SSSR count). The number of hydrogen-bond donors (Lipinski definition) is 0. The Kier molecular flexibility index (Phi) is 5.13. The van der Waals surface area contributed by atoms with Gasteiger partial charge in [-0.1, -0.05) is 12.8 Å². The van der Waals surface area contributed by atoms with Gasteiger partial charge in [0, 0.05) is 6.42 Å². The molecule has 0 aliphatic carbocycles. The zero-order valence-corrected chi connectivity index (χ0v) is 8.32. The molecule has 0 atom stereocenters. The van der Waals surface area contributed by atoms with Gasteiger partial charge in [-0.15, -0.1) is 5.92 Å². The van der Waals surface area contributed by atoms with Crippen LogP contribution in [0, 0.1) is 11.8 Å². The summed E-state index contributed by atoms with van der Waals surface area (Å²) in [5, 5.41) is 0. The summed E-state index contributed by atoms with van der Waals surface area (Å²) in [7, 11) is 0. The van der Waals surface area contributed by atoms with E-state index in [1.807, 2.05) is 6.92 Å². The minimum Gasteiger partial charge on any atom is -0.452 e. The Morgan fingerprint density at radius 1 is 1.46 bits per heavy atom. The average Bonchev–Trinajstić information content (AvgIpc) is 1.94. The lowest BCUT2D eigenvalue weighted by molar-refractivity contribution is -0.144. The predicted octanol–water partition coefficient (Wildman–Crippen LogP) is 2.08. The van der Waals surface area contributed by atoms with Crippen molar-refractivity contribution >= 4 is 5.97 Å². The number of carbonyl (C=O) groups excluding carboxylic acids is 1. The van der Waals surface area contributed by atoms with E-state index in [4.69, 9.17) is 0 Å². The van der Waals surface area contributed by atoms with Crippen molar-refractivity contribution in [2.45, 2.75) is 39.3 Å². The Labute approximate surface area is 78.5 Å². The molecule has 0 radical (unpaired) electrons. The highest BCUT2D eigenvalue weighted by Crippen LogP contribution is 2.13. The second kappa shape index (κ2) is 5.58. The second-order valence-electron chi connectivity index (χ2n) is 3.26. The molecule has 13 heavy (non-hydrogen) atoms. The van der Waals surface area contributed by atoms with Gasteiger partial charge in [-0.3, -0.25) is 4.79 Å². The number of hydrogen-bond acceptors (Lipinski definition) is 2. The minimum atomic E-state index is -1.50. The molecule has 0 spiro atoms. The first kappa shape index (κ1) is 12.0. The van der Waals surface area contributed by atoms with Crippen LogP contribution in [-0.2, 0) is 9.53 Å². The number of carbonyl (C=O) groups is 1. The van der Waals surface area contributed by atoms with Crippen LogP contribution in [-0.4, -0.2) is 18.2 Å². The molecule has 74 valence electrons. The van der Waals surface area contributed by atoms with E-state index in [0.717, 1.165) is 6.42 Å². The van der Waals surface area contributed by atoms with Crippen LogP contribution in [0.15, 0.2) is 0 Å². The number of halogens is 1. The van der Waals surface area contributed by atoms with Crippen molar-refractivity contribution in [2.75, 3.05) is 6.61 Å². The van der Waals surface area contributed by atoms with E-state index in [-0.39, 0.29) is 13.0 Å². The molecular formula is C10H15FO2. The zero-order chi connectivity index (χ0) is 10.3. The van der Waals surface area contributed by atoms with Gasteiger partial charge >= 0.3 is 5.97 Å². The Morgan fingerprint density at radius 2 is 2.08 bits per heavy atom. The third kappa shape index (κ3) is 8.87. The van der Waals surface area contributed by atoms with E-state index in [1.54, 1.807) is 0 Å². The lowest BCUT2D eigenvalue weighted by atomic mass is 10.1. The fourth-order valence-electron chi connectivity index (χ4n) is 0.687. The van der Waals surface area contributed by atoms with Crippen LogP contribution in [0.25, 0.3) is 0 Å². The molecule has 3 heteroatoms. The van der Waals surface area contributed by atoms with Crippen molar-refractivity contribution in [3.8, 4) is 11.8 Å². The predicted molar refractivity (Wildman–Crippen MR) is 48.8 cm³/mol. The van der Waals surface area contributed by atoms with E-state index in [9.17, 15) is 9.18 Å². The fraction of sp³-hybridized carbons (Fsp3) is 0.700. The van der Waals surface area contributed by atoms with E-state index in [2.05, 4.69) is 16.6 Å². The highest BCUT2D eigenvalue weighted by atomic mass is 19.1. The molecule has 0 unspecified atom stereocenters. The highest BCUT2D eigenvalue weighted by Gasteiger charge is 2.21. The number of esters is 1. The van der Waals surface area contributed by atoms with Crippen molar-refractivity contribution < 1.29 is 13.9 Å². The highest BCUT2D eigenvalue weighted by molar-refractivity contribution is 5.70. The zero-order valence-electron chi connectivity index (χ0n) is 8.32. The van der Waals surface area contributed by atoms with Crippen molar-refractivity contribution in [1.29, 1.82) is 0 Å². The first-order valence-corrected chi connectivity index (χ1v) is 4.26. The molecule has 0 saturated carbocycles. The number of rotatable bonds is 3. The Hall–Kier alpha value is -1.04. The van der Waals surface area contributed by atoms with Crippen molar-refractivity contribution in [2.24, 2.45) is 0 Å². The van der Waals surface area contributed by atoms with Crippen LogP contribution >= 0.6 is 0 Å². The van der Waals surface area contributed by atoms with Crippen LogP contribution in [0.1, 0.15) is 33.6 Å². The average molecular weight is 186 g/mol. The van der Waals surface area contributed by atoms with Gasteiger partial charge in [-0.2, -0.15) is 0 Å². The van der Waals surface area contributed by atoms with Crippen molar-refractivity contribution in [3.63, 3.8) is 0 Å². The third-order valence-electron chi connectivity index (χ3n) is 1.17. The lowest BCUT2D eigenvalue weighted by Crippen LogP contribution is -2.19. The first-order valence-electron chi connectivity index (χ1n) is 4.26. The molecule has 0 heterocycles. The Balaban J connectivity index is 3.64. The van der Waals surface area contributed by atoms with E-state index in [1.165, 1.54) is 13.8 Å². The third-order valence-corrected chi connectivity index (χ3v) is 1.17. The maximum Gasteiger partial charge on any atom is 0.309 e. The second-order valence-corrected chi connectivity index (χ2v) is 3.26. The molecule has 0 aromatic heterocycles. The van der Waals surface area contributed by atoms with Gasteiger partial charge < -0.3 is 4.74 Å². The Bertz CT molecular complexity index is 217. The van der Waals surface area contributed by atoms with Gasteiger partial charge in [0.05, 0.1) is 6.42 Å². The van der Waals surface area contributed by atoms with Gasteiger partial charge in [-0.25, -0.2) is 4.39 Å². The summed E-state index contributed by atoms with van der Waals surface area (Å²) in [4.78, 5) is 10.9. The summed E-state index contributed by atoms with van der Waals surface area (Å²) in [6.45, 7) is 4.64. The van der Waals surface area contributed by atoms with Gasteiger partial charge in [0.2, 0.25) is 0 Å². The standard InChI is InChI=1S/C10H15FO2/c1-4-5-6-7-13-9(12)8-10(2,3)11/h4,7-8H2,1-3H3. The van der Waals surface area contributed by atoms with Gasteiger partial charge in [0.1, 0.15) is 5.67 Å². The molecule has 0 fully saturated rings. The largest absolute Gasteiger partial charge is 0.452 e. The Morgan fingerprint density at radius 3 is 2.54 bits per heavy atom. The van der Waals surface area contributed by atoms with Crippen molar-refractivity contribution in [1.82, 2.24) is 0 Å². The van der Waals surface area contributed by atoms with Crippen LogP contribution < -0.4 is 0 Å². The minimum absolute atomic E-state index is 0.0583. The summed E-state index contributed by atoms with van der Waals surface area (Å²) < 4.78 is 17.5. The molecule has 0 aliphatic heterocycles.